The van der Waals surface area contributed by atoms with Crippen LogP contribution in [0.2, 0.25) is 0 Å². The van der Waals surface area contributed by atoms with Crippen LogP contribution in [0.4, 0.5) is 0 Å². The van der Waals surface area contributed by atoms with E-state index in [0.717, 1.165) is 13.1 Å². The minimum atomic E-state index is 0.480. The maximum Gasteiger partial charge on any atom is 0.0226 e. The summed E-state index contributed by atoms with van der Waals surface area (Å²) in [7, 11) is 0. The van der Waals surface area contributed by atoms with Gasteiger partial charge in [-0.15, -0.1) is 0 Å². The Labute approximate surface area is 90.2 Å². The van der Waals surface area contributed by atoms with Crippen LogP contribution < -0.4 is 0 Å². The lowest BCUT2D eigenvalue weighted by Crippen LogP contribution is -2.32. The van der Waals surface area contributed by atoms with E-state index in [1.165, 1.54) is 25.7 Å². The highest BCUT2D eigenvalue weighted by Crippen LogP contribution is 2.30. The Morgan fingerprint density at radius 3 is 1.93 bits per heavy atom. The Morgan fingerprint density at radius 2 is 1.64 bits per heavy atom. The van der Waals surface area contributed by atoms with Crippen molar-refractivity contribution >= 4 is 0 Å². The molecule has 0 aromatic heterocycles. The first kappa shape index (κ1) is 13.5. The molecule has 14 heavy (non-hydrogen) atoms. The Hall–Kier alpha value is -0.460. The van der Waals surface area contributed by atoms with Crippen molar-refractivity contribution in [1.82, 2.24) is 4.90 Å². The summed E-state index contributed by atoms with van der Waals surface area (Å²) >= 11 is 0. The lowest BCUT2D eigenvalue weighted by atomic mass is 9.81. The molecule has 1 nitrogen and oxygen atoms in total. The summed E-state index contributed by atoms with van der Waals surface area (Å²) in [6, 6.07) is 0. The Bertz CT molecular complexity index is 145. The predicted octanol–water partition coefficient (Wildman–Crippen LogP) is 4.06. The van der Waals surface area contributed by atoms with Gasteiger partial charge in [-0.05, 0) is 31.4 Å². The van der Waals surface area contributed by atoms with Gasteiger partial charge in [-0.1, -0.05) is 40.2 Å². The van der Waals surface area contributed by atoms with Crippen LogP contribution in [-0.4, -0.2) is 18.0 Å². The summed E-state index contributed by atoms with van der Waals surface area (Å²) < 4.78 is 0. The van der Waals surface area contributed by atoms with E-state index in [4.69, 9.17) is 0 Å². The normalized spacial score (nSPS) is 11.4. The molecule has 0 aliphatic rings. The SMILES string of the molecule is C=CN(CC)CC(C)(CCC)CCC. The van der Waals surface area contributed by atoms with E-state index >= 15 is 0 Å². The van der Waals surface area contributed by atoms with Gasteiger partial charge in [0.25, 0.3) is 0 Å². The zero-order valence-corrected chi connectivity index (χ0v) is 10.5. The number of nitrogens with zero attached hydrogens (tertiary/aromatic N) is 1. The van der Waals surface area contributed by atoms with E-state index in [1.54, 1.807) is 0 Å². The van der Waals surface area contributed by atoms with Crippen LogP contribution in [-0.2, 0) is 0 Å². The van der Waals surface area contributed by atoms with E-state index in [9.17, 15) is 0 Å². The lowest BCUT2D eigenvalue weighted by Gasteiger charge is -2.34. The topological polar surface area (TPSA) is 3.24 Å². The van der Waals surface area contributed by atoms with E-state index in [2.05, 4.69) is 39.2 Å². The van der Waals surface area contributed by atoms with Crippen molar-refractivity contribution in [2.24, 2.45) is 5.41 Å². The highest BCUT2D eigenvalue weighted by atomic mass is 15.1. The van der Waals surface area contributed by atoms with E-state index in [0.29, 0.717) is 5.41 Å². The molecule has 0 atom stereocenters. The zero-order chi connectivity index (χ0) is 11.0. The smallest absolute Gasteiger partial charge is 0.0226 e. The van der Waals surface area contributed by atoms with Gasteiger partial charge in [0.05, 0.1) is 0 Å². The third-order valence-corrected chi connectivity index (χ3v) is 2.96. The molecule has 1 heteroatoms. The summed E-state index contributed by atoms with van der Waals surface area (Å²) in [4.78, 5) is 2.32. The molecule has 0 saturated carbocycles. The molecule has 0 heterocycles. The van der Waals surface area contributed by atoms with Crippen molar-refractivity contribution in [2.45, 2.75) is 53.4 Å². The minimum Gasteiger partial charge on any atom is -0.378 e. The molecular formula is C13H27N. The molecule has 0 rings (SSSR count). The molecule has 0 saturated heterocycles. The van der Waals surface area contributed by atoms with Crippen LogP contribution in [0.1, 0.15) is 53.4 Å². The van der Waals surface area contributed by atoms with Gasteiger partial charge in [0, 0.05) is 13.1 Å². The van der Waals surface area contributed by atoms with Crippen molar-refractivity contribution in [3.05, 3.63) is 12.8 Å². The van der Waals surface area contributed by atoms with E-state index < -0.39 is 0 Å². The maximum absolute atomic E-state index is 3.86. The van der Waals surface area contributed by atoms with E-state index in [1.807, 2.05) is 6.20 Å². The fourth-order valence-corrected chi connectivity index (χ4v) is 2.29. The molecular weight excluding hydrogens is 170 g/mol. The van der Waals surface area contributed by atoms with Gasteiger partial charge in [0.1, 0.15) is 0 Å². The average Bonchev–Trinajstić information content (AvgIpc) is 2.15. The second kappa shape index (κ2) is 6.92. The van der Waals surface area contributed by atoms with Gasteiger partial charge >= 0.3 is 0 Å². The summed E-state index contributed by atoms with van der Waals surface area (Å²) in [5.41, 5.74) is 0.480. The van der Waals surface area contributed by atoms with Gasteiger partial charge in [-0.25, -0.2) is 0 Å². The minimum absolute atomic E-state index is 0.480. The van der Waals surface area contributed by atoms with Gasteiger partial charge in [0.15, 0.2) is 0 Å². The summed E-state index contributed by atoms with van der Waals surface area (Å²) in [5.74, 6) is 0. The van der Waals surface area contributed by atoms with Gasteiger partial charge in [-0.2, -0.15) is 0 Å². The summed E-state index contributed by atoms with van der Waals surface area (Å²) in [6.45, 7) is 15.3. The Balaban J connectivity index is 4.24. The number of hydrogen-bond donors (Lipinski definition) is 0. The van der Waals surface area contributed by atoms with Crippen molar-refractivity contribution in [1.29, 1.82) is 0 Å². The van der Waals surface area contributed by atoms with Crippen molar-refractivity contribution in [2.75, 3.05) is 13.1 Å². The number of hydrogen-bond acceptors (Lipinski definition) is 1. The summed E-state index contributed by atoms with van der Waals surface area (Å²) in [5, 5.41) is 0. The molecule has 0 unspecified atom stereocenters. The highest BCUT2D eigenvalue weighted by Gasteiger charge is 2.23. The highest BCUT2D eigenvalue weighted by molar-refractivity contribution is 4.81. The monoisotopic (exact) mass is 197 g/mol. The second-order valence-corrected chi connectivity index (χ2v) is 4.56. The third-order valence-electron chi connectivity index (χ3n) is 2.96. The van der Waals surface area contributed by atoms with Crippen LogP contribution in [0, 0.1) is 5.41 Å². The predicted molar refractivity (Wildman–Crippen MR) is 65.4 cm³/mol. The van der Waals surface area contributed by atoms with E-state index in [-0.39, 0.29) is 0 Å². The lowest BCUT2D eigenvalue weighted by molar-refractivity contribution is 0.185. The van der Waals surface area contributed by atoms with Crippen LogP contribution >= 0.6 is 0 Å². The Morgan fingerprint density at radius 1 is 1.14 bits per heavy atom. The van der Waals surface area contributed by atoms with Crippen molar-refractivity contribution in [3.8, 4) is 0 Å². The maximum atomic E-state index is 3.86. The molecule has 0 aliphatic heterocycles. The van der Waals surface area contributed by atoms with Gasteiger partial charge < -0.3 is 4.90 Å². The van der Waals surface area contributed by atoms with Crippen LogP contribution in [0.5, 0.6) is 0 Å². The second-order valence-electron chi connectivity index (χ2n) is 4.56. The average molecular weight is 197 g/mol. The van der Waals surface area contributed by atoms with Gasteiger partial charge in [0.2, 0.25) is 0 Å². The zero-order valence-electron chi connectivity index (χ0n) is 10.5. The molecule has 0 aromatic rings. The van der Waals surface area contributed by atoms with Gasteiger partial charge in [-0.3, -0.25) is 0 Å². The molecule has 0 N–H and O–H groups in total. The van der Waals surface area contributed by atoms with Crippen LogP contribution in [0.15, 0.2) is 12.8 Å². The fourth-order valence-electron chi connectivity index (χ4n) is 2.29. The molecule has 0 aliphatic carbocycles. The summed E-state index contributed by atoms with van der Waals surface area (Å²) in [6.07, 6.45) is 7.19. The molecule has 84 valence electrons. The van der Waals surface area contributed by atoms with Crippen molar-refractivity contribution < 1.29 is 0 Å². The first-order valence-electron chi connectivity index (χ1n) is 5.98. The molecule has 0 spiro atoms. The fraction of sp³-hybridized carbons (Fsp3) is 0.846. The Kier molecular flexibility index (Phi) is 6.69. The molecule has 0 bridgehead atoms. The molecule has 0 fully saturated rings. The third kappa shape index (κ3) is 4.69. The molecule has 0 radical (unpaired) electrons. The standard InChI is InChI=1S/C13H27N/c1-6-10-13(5,11-7-2)12-14(8-3)9-4/h8H,3,6-7,9-12H2,1-2,4-5H3. The largest absolute Gasteiger partial charge is 0.378 e. The molecule has 0 amide bonds. The van der Waals surface area contributed by atoms with Crippen LogP contribution in [0.3, 0.4) is 0 Å². The quantitative estimate of drug-likeness (QED) is 0.567. The number of rotatable bonds is 8. The first-order chi connectivity index (χ1) is 6.61. The molecule has 0 aromatic carbocycles. The van der Waals surface area contributed by atoms with Crippen molar-refractivity contribution in [3.63, 3.8) is 0 Å². The van der Waals surface area contributed by atoms with Crippen LogP contribution in [0.25, 0.3) is 0 Å². The first-order valence-corrected chi connectivity index (χ1v) is 5.98.